The van der Waals surface area contributed by atoms with Gasteiger partial charge in [0.05, 0.1) is 5.56 Å². The van der Waals surface area contributed by atoms with Crippen molar-refractivity contribution in [2.24, 2.45) is 0 Å². The Labute approximate surface area is 111 Å². The third kappa shape index (κ3) is 2.96. The van der Waals surface area contributed by atoms with Crippen molar-refractivity contribution in [3.63, 3.8) is 0 Å². The molecule has 1 heterocycles. The van der Waals surface area contributed by atoms with Crippen LogP contribution in [-0.4, -0.2) is 17.4 Å². The van der Waals surface area contributed by atoms with Crippen molar-refractivity contribution in [2.75, 3.05) is 11.4 Å². The molecule has 1 amide bonds. The smallest absolute Gasteiger partial charge is 0.259 e. The van der Waals surface area contributed by atoms with Gasteiger partial charge < -0.3 is 4.90 Å². The normalized spacial score (nSPS) is 10.3. The Morgan fingerprint density at radius 3 is 2.68 bits per heavy atom. The number of benzene rings is 1. The highest BCUT2D eigenvalue weighted by Gasteiger charge is 2.16. The van der Waals surface area contributed by atoms with E-state index < -0.39 is 5.95 Å². The molecule has 2 rings (SSSR count). The molecule has 0 bridgehead atoms. The van der Waals surface area contributed by atoms with E-state index in [0.717, 1.165) is 11.3 Å². The quantitative estimate of drug-likeness (QED) is 0.792. The highest BCUT2D eigenvalue weighted by molar-refractivity contribution is 6.05. The van der Waals surface area contributed by atoms with Gasteiger partial charge in [0, 0.05) is 18.4 Å². The number of carbonyl (C=O) groups is 1. The fraction of sp³-hybridized carbons (Fsp3) is 0.200. The average molecular weight is 258 g/mol. The van der Waals surface area contributed by atoms with Gasteiger partial charge in [-0.2, -0.15) is 4.39 Å². The second-order valence-electron chi connectivity index (χ2n) is 4.26. The van der Waals surface area contributed by atoms with Crippen LogP contribution < -0.4 is 4.90 Å². The highest BCUT2D eigenvalue weighted by Crippen LogP contribution is 2.18. The fourth-order valence-electron chi connectivity index (χ4n) is 1.90. The molecule has 0 aliphatic carbocycles. The van der Waals surface area contributed by atoms with Gasteiger partial charge >= 0.3 is 0 Å². The minimum absolute atomic E-state index is 0.180. The van der Waals surface area contributed by atoms with Crippen LogP contribution in [0.5, 0.6) is 0 Å². The zero-order chi connectivity index (χ0) is 13.8. The first-order chi connectivity index (χ1) is 9.11. The van der Waals surface area contributed by atoms with Crippen molar-refractivity contribution in [1.29, 1.82) is 0 Å². The molecule has 0 unspecified atom stereocenters. The Bertz CT molecular complexity index is 581. The second kappa shape index (κ2) is 5.61. The van der Waals surface area contributed by atoms with E-state index in [9.17, 15) is 9.18 Å². The van der Waals surface area contributed by atoms with Crippen LogP contribution in [0.15, 0.2) is 42.6 Å². The van der Waals surface area contributed by atoms with Crippen molar-refractivity contribution in [3.05, 3.63) is 59.7 Å². The van der Waals surface area contributed by atoms with Gasteiger partial charge in [0.15, 0.2) is 0 Å². The maximum Gasteiger partial charge on any atom is 0.259 e. The summed E-state index contributed by atoms with van der Waals surface area (Å²) in [6.45, 7) is 4.41. The summed E-state index contributed by atoms with van der Waals surface area (Å²) in [4.78, 5) is 17.5. The number of pyridine rings is 1. The molecule has 0 atom stereocenters. The molecular formula is C15H15FN2O. The Morgan fingerprint density at radius 2 is 2.11 bits per heavy atom. The minimum Gasteiger partial charge on any atom is -0.309 e. The lowest BCUT2D eigenvalue weighted by Gasteiger charge is -2.21. The van der Waals surface area contributed by atoms with Crippen molar-refractivity contribution >= 4 is 11.6 Å². The van der Waals surface area contributed by atoms with E-state index >= 15 is 0 Å². The lowest BCUT2D eigenvalue weighted by atomic mass is 10.2. The second-order valence-corrected chi connectivity index (χ2v) is 4.26. The van der Waals surface area contributed by atoms with Crippen LogP contribution in [0.4, 0.5) is 10.1 Å². The first kappa shape index (κ1) is 13.2. The van der Waals surface area contributed by atoms with Crippen LogP contribution in [0, 0.1) is 12.9 Å². The van der Waals surface area contributed by atoms with Crippen LogP contribution in [0.3, 0.4) is 0 Å². The molecular weight excluding hydrogens is 243 g/mol. The number of aryl methyl sites for hydroxylation is 1. The summed E-state index contributed by atoms with van der Waals surface area (Å²) in [5.41, 5.74) is 2.29. The van der Waals surface area contributed by atoms with Crippen molar-refractivity contribution in [2.45, 2.75) is 13.8 Å². The van der Waals surface area contributed by atoms with E-state index in [1.165, 1.54) is 18.3 Å². The topological polar surface area (TPSA) is 33.2 Å². The summed E-state index contributed by atoms with van der Waals surface area (Å²) in [6, 6.07) is 10.3. The Morgan fingerprint density at radius 1 is 1.32 bits per heavy atom. The number of rotatable bonds is 3. The Hall–Kier alpha value is -2.23. The lowest BCUT2D eigenvalue weighted by molar-refractivity contribution is 0.0988. The van der Waals surface area contributed by atoms with Crippen LogP contribution in [0.1, 0.15) is 22.8 Å². The van der Waals surface area contributed by atoms with Crippen LogP contribution >= 0.6 is 0 Å². The van der Waals surface area contributed by atoms with Gasteiger partial charge in [-0.15, -0.1) is 0 Å². The van der Waals surface area contributed by atoms with Crippen LogP contribution in [-0.2, 0) is 0 Å². The van der Waals surface area contributed by atoms with E-state index in [1.54, 1.807) is 4.90 Å². The average Bonchev–Trinajstić information content (AvgIpc) is 2.40. The molecule has 4 heteroatoms. The summed E-state index contributed by atoms with van der Waals surface area (Å²) >= 11 is 0. The van der Waals surface area contributed by atoms with Crippen LogP contribution in [0.2, 0.25) is 0 Å². The summed E-state index contributed by atoms with van der Waals surface area (Å²) in [5, 5.41) is 0. The van der Waals surface area contributed by atoms with E-state index in [4.69, 9.17) is 0 Å². The molecule has 0 aliphatic heterocycles. The number of hydrogen-bond donors (Lipinski definition) is 0. The number of aromatic nitrogens is 1. The van der Waals surface area contributed by atoms with Gasteiger partial charge in [-0.25, -0.2) is 4.98 Å². The number of carbonyl (C=O) groups excluding carboxylic acids is 1. The van der Waals surface area contributed by atoms with Gasteiger partial charge in [-0.1, -0.05) is 12.1 Å². The maximum absolute atomic E-state index is 12.8. The Kier molecular flexibility index (Phi) is 3.90. The van der Waals surface area contributed by atoms with E-state index in [2.05, 4.69) is 4.98 Å². The molecule has 98 valence electrons. The standard InChI is InChI=1S/C15H15FN2O/c1-3-18(13-6-4-5-11(2)9-13)15(19)12-7-8-14(16)17-10-12/h4-10H,3H2,1-2H3. The number of amides is 1. The maximum atomic E-state index is 12.8. The molecule has 1 aromatic carbocycles. The molecule has 0 radical (unpaired) electrons. The first-order valence-electron chi connectivity index (χ1n) is 6.12. The number of nitrogens with zero attached hydrogens (tertiary/aromatic N) is 2. The zero-order valence-corrected chi connectivity index (χ0v) is 10.9. The third-order valence-electron chi connectivity index (χ3n) is 2.85. The predicted molar refractivity (Wildman–Crippen MR) is 72.7 cm³/mol. The van der Waals surface area contributed by atoms with Crippen molar-refractivity contribution in [3.8, 4) is 0 Å². The number of halogens is 1. The van der Waals surface area contributed by atoms with Gasteiger partial charge in [-0.3, -0.25) is 4.79 Å². The van der Waals surface area contributed by atoms with Crippen LogP contribution in [0.25, 0.3) is 0 Å². The molecule has 0 N–H and O–H groups in total. The number of anilines is 1. The molecule has 19 heavy (non-hydrogen) atoms. The van der Waals surface area contributed by atoms with Gasteiger partial charge in [-0.05, 0) is 43.7 Å². The van der Waals surface area contributed by atoms with E-state index in [-0.39, 0.29) is 5.91 Å². The highest BCUT2D eigenvalue weighted by atomic mass is 19.1. The summed E-state index contributed by atoms with van der Waals surface area (Å²) in [5.74, 6) is -0.768. The molecule has 0 saturated carbocycles. The van der Waals surface area contributed by atoms with Gasteiger partial charge in [0.1, 0.15) is 0 Å². The Balaban J connectivity index is 2.31. The van der Waals surface area contributed by atoms with Crippen molar-refractivity contribution < 1.29 is 9.18 Å². The molecule has 0 fully saturated rings. The molecule has 0 spiro atoms. The molecule has 0 saturated heterocycles. The summed E-state index contributed by atoms with van der Waals surface area (Å²) in [7, 11) is 0. The van der Waals surface area contributed by atoms with Crippen molar-refractivity contribution in [1.82, 2.24) is 4.98 Å². The SMILES string of the molecule is CCN(C(=O)c1ccc(F)nc1)c1cccc(C)c1. The lowest BCUT2D eigenvalue weighted by Crippen LogP contribution is -2.30. The third-order valence-corrected chi connectivity index (χ3v) is 2.85. The molecule has 1 aromatic heterocycles. The predicted octanol–water partition coefficient (Wildman–Crippen LogP) is 3.20. The minimum atomic E-state index is -0.588. The molecule has 3 nitrogen and oxygen atoms in total. The fourth-order valence-corrected chi connectivity index (χ4v) is 1.90. The molecule has 0 aliphatic rings. The summed E-state index contributed by atoms with van der Waals surface area (Å²) in [6.07, 6.45) is 1.26. The monoisotopic (exact) mass is 258 g/mol. The van der Waals surface area contributed by atoms with Gasteiger partial charge in [0.2, 0.25) is 5.95 Å². The van der Waals surface area contributed by atoms with E-state index in [1.807, 2.05) is 38.1 Å². The molecule has 2 aromatic rings. The first-order valence-corrected chi connectivity index (χ1v) is 6.12. The van der Waals surface area contributed by atoms with Gasteiger partial charge in [0.25, 0.3) is 5.91 Å². The zero-order valence-electron chi connectivity index (χ0n) is 10.9. The summed E-state index contributed by atoms with van der Waals surface area (Å²) < 4.78 is 12.8. The van der Waals surface area contributed by atoms with E-state index in [0.29, 0.717) is 12.1 Å². The number of hydrogen-bond acceptors (Lipinski definition) is 2. The largest absolute Gasteiger partial charge is 0.309 e.